The lowest BCUT2D eigenvalue weighted by Gasteiger charge is -2.36. The standard InChI is InChI=1S/C19H29N5O.HI/c1-4-20-18(22-12-19(3)13-25-14-19)21-10-7-11-24-15(2)23-16-8-5-6-9-17(16)24;/h5-6,8-9H,4,7,10-14H2,1-3H3,(H2,20,21,22);1H. The van der Waals surface area contributed by atoms with E-state index < -0.39 is 0 Å². The third-order valence-electron chi connectivity index (χ3n) is 4.56. The Kier molecular flexibility index (Phi) is 7.69. The quantitative estimate of drug-likeness (QED) is 0.282. The van der Waals surface area contributed by atoms with Gasteiger partial charge in [0.05, 0.1) is 30.8 Å². The van der Waals surface area contributed by atoms with Crippen LogP contribution in [0.2, 0.25) is 0 Å². The van der Waals surface area contributed by atoms with Crippen LogP contribution < -0.4 is 10.6 Å². The summed E-state index contributed by atoms with van der Waals surface area (Å²) in [7, 11) is 0. The molecule has 1 fully saturated rings. The molecule has 1 aliphatic heterocycles. The van der Waals surface area contributed by atoms with Gasteiger partial charge in [0.25, 0.3) is 0 Å². The Morgan fingerprint density at radius 2 is 2.08 bits per heavy atom. The van der Waals surface area contributed by atoms with Crippen molar-refractivity contribution < 1.29 is 4.74 Å². The summed E-state index contributed by atoms with van der Waals surface area (Å²) in [5.41, 5.74) is 2.48. The van der Waals surface area contributed by atoms with Gasteiger partial charge in [0, 0.05) is 25.0 Å². The molecule has 2 heterocycles. The minimum atomic E-state index is 0. The molecule has 144 valence electrons. The number of halogens is 1. The average molecular weight is 471 g/mol. The Morgan fingerprint density at radius 3 is 2.77 bits per heavy atom. The summed E-state index contributed by atoms with van der Waals surface area (Å²) in [4.78, 5) is 9.33. The highest BCUT2D eigenvalue weighted by Crippen LogP contribution is 2.26. The van der Waals surface area contributed by atoms with E-state index in [1.165, 1.54) is 5.52 Å². The van der Waals surface area contributed by atoms with Gasteiger partial charge in [-0.2, -0.15) is 0 Å². The van der Waals surface area contributed by atoms with Crippen molar-refractivity contribution in [2.45, 2.75) is 33.7 Å². The van der Waals surface area contributed by atoms with Crippen molar-refractivity contribution in [1.82, 2.24) is 20.2 Å². The van der Waals surface area contributed by atoms with Crippen LogP contribution >= 0.6 is 24.0 Å². The number of rotatable bonds is 7. The zero-order chi connectivity index (χ0) is 17.7. The van der Waals surface area contributed by atoms with Crippen molar-refractivity contribution in [3.63, 3.8) is 0 Å². The van der Waals surface area contributed by atoms with Crippen molar-refractivity contribution in [1.29, 1.82) is 0 Å². The Bertz CT molecular complexity index is 739. The topological polar surface area (TPSA) is 63.5 Å². The molecule has 7 heteroatoms. The molecule has 0 amide bonds. The minimum Gasteiger partial charge on any atom is -0.380 e. The number of guanidine groups is 1. The first kappa shape index (κ1) is 21.0. The maximum Gasteiger partial charge on any atom is 0.191 e. The summed E-state index contributed by atoms with van der Waals surface area (Å²) >= 11 is 0. The predicted octanol–water partition coefficient (Wildman–Crippen LogP) is 2.94. The van der Waals surface area contributed by atoms with Crippen molar-refractivity contribution in [3.05, 3.63) is 30.1 Å². The van der Waals surface area contributed by atoms with Crippen LogP contribution in [0.4, 0.5) is 0 Å². The molecule has 0 bridgehead atoms. The van der Waals surface area contributed by atoms with Crippen LogP contribution in [0.3, 0.4) is 0 Å². The maximum absolute atomic E-state index is 5.30. The number of fused-ring (bicyclic) bond motifs is 1. The molecule has 0 atom stereocenters. The number of aliphatic imine (C=N–C) groups is 1. The first-order valence-corrected chi connectivity index (χ1v) is 9.13. The van der Waals surface area contributed by atoms with Gasteiger partial charge in [-0.25, -0.2) is 4.98 Å². The number of aryl methyl sites for hydroxylation is 2. The fourth-order valence-corrected chi connectivity index (χ4v) is 3.08. The van der Waals surface area contributed by atoms with E-state index in [1.54, 1.807) is 0 Å². The molecule has 1 saturated heterocycles. The summed E-state index contributed by atoms with van der Waals surface area (Å²) < 4.78 is 7.58. The van der Waals surface area contributed by atoms with Gasteiger partial charge >= 0.3 is 0 Å². The average Bonchev–Trinajstić information content (AvgIpc) is 2.90. The summed E-state index contributed by atoms with van der Waals surface area (Å²) in [6, 6.07) is 8.31. The number of para-hydroxylation sites is 2. The largest absolute Gasteiger partial charge is 0.380 e. The Labute approximate surface area is 172 Å². The Hall–Kier alpha value is -1.35. The number of hydrogen-bond donors (Lipinski definition) is 2. The number of aromatic nitrogens is 2. The number of hydrogen-bond acceptors (Lipinski definition) is 3. The van der Waals surface area contributed by atoms with Crippen LogP contribution in [0.1, 0.15) is 26.1 Å². The van der Waals surface area contributed by atoms with Crippen LogP contribution in [-0.4, -0.2) is 48.4 Å². The second-order valence-corrected chi connectivity index (χ2v) is 7.08. The fourth-order valence-electron chi connectivity index (χ4n) is 3.08. The van der Waals surface area contributed by atoms with Crippen LogP contribution in [0.15, 0.2) is 29.3 Å². The molecular weight excluding hydrogens is 441 g/mol. The Morgan fingerprint density at radius 1 is 1.31 bits per heavy atom. The van der Waals surface area contributed by atoms with E-state index >= 15 is 0 Å². The van der Waals surface area contributed by atoms with E-state index in [9.17, 15) is 0 Å². The van der Waals surface area contributed by atoms with Gasteiger partial charge in [-0.1, -0.05) is 19.1 Å². The highest BCUT2D eigenvalue weighted by Gasteiger charge is 2.33. The van der Waals surface area contributed by atoms with Crippen molar-refractivity contribution >= 4 is 41.0 Å². The maximum atomic E-state index is 5.30. The molecule has 0 saturated carbocycles. The first-order valence-electron chi connectivity index (χ1n) is 9.13. The summed E-state index contributed by atoms with van der Waals surface area (Å²) in [6.07, 6.45) is 1.02. The molecule has 1 aromatic carbocycles. The van der Waals surface area contributed by atoms with E-state index in [4.69, 9.17) is 9.73 Å². The Balaban J connectivity index is 0.00000243. The molecule has 1 aromatic heterocycles. The molecule has 6 nitrogen and oxygen atoms in total. The van der Waals surface area contributed by atoms with Gasteiger partial charge < -0.3 is 19.9 Å². The third-order valence-corrected chi connectivity index (χ3v) is 4.56. The molecule has 1 aliphatic rings. The zero-order valence-corrected chi connectivity index (χ0v) is 18.2. The van der Waals surface area contributed by atoms with Crippen molar-refractivity contribution in [2.24, 2.45) is 10.4 Å². The molecule has 3 rings (SSSR count). The molecular formula is C19H30IN5O. The molecule has 26 heavy (non-hydrogen) atoms. The van der Waals surface area contributed by atoms with E-state index in [-0.39, 0.29) is 29.4 Å². The lowest BCUT2D eigenvalue weighted by Crippen LogP contribution is -2.44. The number of ether oxygens (including phenoxy) is 1. The van der Waals surface area contributed by atoms with Gasteiger partial charge in [0.15, 0.2) is 5.96 Å². The van der Waals surface area contributed by atoms with Crippen molar-refractivity contribution in [2.75, 3.05) is 32.8 Å². The number of nitrogens with zero attached hydrogens (tertiary/aromatic N) is 3. The lowest BCUT2D eigenvalue weighted by molar-refractivity contribution is -0.0945. The molecule has 2 N–H and O–H groups in total. The SMILES string of the molecule is CCNC(=NCC1(C)COC1)NCCCn1c(C)nc2ccccc21.I. The highest BCUT2D eigenvalue weighted by atomic mass is 127. The van der Waals surface area contributed by atoms with Gasteiger partial charge in [0.1, 0.15) is 5.82 Å². The van der Waals surface area contributed by atoms with Gasteiger partial charge in [0.2, 0.25) is 0 Å². The van der Waals surface area contributed by atoms with Gasteiger partial charge in [-0.15, -0.1) is 24.0 Å². The number of nitrogens with one attached hydrogen (secondary N) is 2. The molecule has 0 spiro atoms. The van der Waals surface area contributed by atoms with Crippen molar-refractivity contribution in [3.8, 4) is 0 Å². The summed E-state index contributed by atoms with van der Waals surface area (Å²) in [5, 5.41) is 6.75. The smallest absolute Gasteiger partial charge is 0.191 e. The summed E-state index contributed by atoms with van der Waals surface area (Å²) in [6.45, 7) is 11.5. The van der Waals surface area contributed by atoms with Crippen LogP contribution in [0, 0.1) is 12.3 Å². The molecule has 0 unspecified atom stereocenters. The number of imidazole rings is 1. The predicted molar refractivity (Wildman–Crippen MR) is 117 cm³/mol. The lowest BCUT2D eigenvalue weighted by atomic mass is 9.89. The molecule has 0 radical (unpaired) electrons. The second kappa shape index (κ2) is 9.55. The monoisotopic (exact) mass is 471 g/mol. The second-order valence-electron chi connectivity index (χ2n) is 7.08. The van der Waals surface area contributed by atoms with E-state index in [2.05, 4.69) is 59.2 Å². The normalized spacial score (nSPS) is 16.0. The van der Waals surface area contributed by atoms with Gasteiger partial charge in [-0.3, -0.25) is 4.99 Å². The van der Waals surface area contributed by atoms with E-state index in [0.29, 0.717) is 0 Å². The summed E-state index contributed by atoms with van der Waals surface area (Å²) in [5.74, 6) is 1.96. The van der Waals surface area contributed by atoms with E-state index in [1.807, 2.05) is 6.07 Å². The van der Waals surface area contributed by atoms with Crippen LogP contribution in [0.5, 0.6) is 0 Å². The zero-order valence-electron chi connectivity index (χ0n) is 15.9. The molecule has 0 aliphatic carbocycles. The minimum absolute atomic E-state index is 0. The fraction of sp³-hybridized carbons (Fsp3) is 0.579. The van der Waals surface area contributed by atoms with Crippen LogP contribution in [-0.2, 0) is 11.3 Å². The first-order chi connectivity index (χ1) is 12.1. The van der Waals surface area contributed by atoms with Gasteiger partial charge in [-0.05, 0) is 32.4 Å². The number of benzene rings is 1. The third kappa shape index (κ3) is 5.09. The van der Waals surface area contributed by atoms with E-state index in [0.717, 1.165) is 63.1 Å². The molecule has 2 aromatic rings. The van der Waals surface area contributed by atoms with Crippen LogP contribution in [0.25, 0.3) is 11.0 Å². The highest BCUT2D eigenvalue weighted by molar-refractivity contribution is 14.0.